The van der Waals surface area contributed by atoms with Crippen LogP contribution >= 0.6 is 11.3 Å². The first kappa shape index (κ1) is 13.5. The van der Waals surface area contributed by atoms with Gasteiger partial charge in [-0.1, -0.05) is 0 Å². The molecule has 1 aliphatic heterocycles. The summed E-state index contributed by atoms with van der Waals surface area (Å²) in [6.45, 7) is 5.12. The van der Waals surface area contributed by atoms with Gasteiger partial charge in [0.05, 0.1) is 9.88 Å². The first-order valence-electron chi connectivity index (χ1n) is 7.01. The predicted molar refractivity (Wildman–Crippen MR) is 81.1 cm³/mol. The maximum Gasteiger partial charge on any atom is 0.245 e. The molecule has 0 amide bonds. The molecule has 0 spiro atoms. The molecule has 1 aliphatic rings. The van der Waals surface area contributed by atoms with E-state index in [4.69, 9.17) is 0 Å². The number of nitrogens with zero attached hydrogens (tertiary/aromatic N) is 4. The molecule has 1 atom stereocenters. The van der Waals surface area contributed by atoms with E-state index >= 15 is 0 Å². The van der Waals surface area contributed by atoms with Gasteiger partial charge in [-0.2, -0.15) is 4.98 Å². The molecule has 108 valence electrons. The molecule has 1 fully saturated rings. The highest BCUT2D eigenvalue weighted by Gasteiger charge is 2.22. The van der Waals surface area contributed by atoms with Crippen LogP contribution in [0.15, 0.2) is 6.20 Å². The van der Waals surface area contributed by atoms with Crippen molar-refractivity contribution in [2.24, 2.45) is 5.92 Å². The van der Waals surface area contributed by atoms with Gasteiger partial charge in [-0.3, -0.25) is 5.10 Å². The van der Waals surface area contributed by atoms with Gasteiger partial charge in [0.15, 0.2) is 5.82 Å². The highest BCUT2D eigenvalue weighted by molar-refractivity contribution is 7.14. The van der Waals surface area contributed by atoms with E-state index in [0.717, 1.165) is 41.3 Å². The molecule has 1 unspecified atom stereocenters. The third kappa shape index (κ3) is 2.83. The van der Waals surface area contributed by atoms with Gasteiger partial charge < -0.3 is 10.2 Å². The number of nitrogens with one attached hydrogen (secondary N) is 2. The Hall–Kier alpha value is -1.47. The van der Waals surface area contributed by atoms with E-state index in [1.165, 1.54) is 12.8 Å². The Morgan fingerprint density at radius 2 is 2.45 bits per heavy atom. The maximum atomic E-state index is 4.62. The monoisotopic (exact) mass is 292 g/mol. The standard InChI is InChI=1S/C13H20N6S/c1-9-15-7-11(20-9)12-16-13(18-17-12)19-5-3-4-10(8-19)6-14-2/h7,10,14H,3-6,8H2,1-2H3,(H,16,17,18). The number of anilines is 1. The van der Waals surface area contributed by atoms with Gasteiger partial charge in [0.25, 0.3) is 0 Å². The number of rotatable bonds is 4. The van der Waals surface area contributed by atoms with Crippen molar-refractivity contribution in [2.45, 2.75) is 19.8 Å². The van der Waals surface area contributed by atoms with Crippen LogP contribution in [-0.2, 0) is 0 Å². The van der Waals surface area contributed by atoms with Crippen LogP contribution in [0.4, 0.5) is 5.95 Å². The van der Waals surface area contributed by atoms with Crippen LogP contribution in [0.25, 0.3) is 10.7 Å². The van der Waals surface area contributed by atoms with Crippen LogP contribution in [0, 0.1) is 12.8 Å². The molecule has 0 radical (unpaired) electrons. The summed E-state index contributed by atoms with van der Waals surface area (Å²) in [6.07, 6.45) is 4.34. The Kier molecular flexibility index (Phi) is 3.98. The molecule has 2 N–H and O–H groups in total. The predicted octanol–water partition coefficient (Wildman–Crippen LogP) is 1.67. The number of H-pyrrole nitrogens is 1. The number of thiazole rings is 1. The molecule has 20 heavy (non-hydrogen) atoms. The normalized spacial score (nSPS) is 19.5. The second-order valence-electron chi connectivity index (χ2n) is 5.24. The van der Waals surface area contributed by atoms with E-state index in [2.05, 4.69) is 30.4 Å². The number of piperidine rings is 1. The summed E-state index contributed by atoms with van der Waals surface area (Å²) in [4.78, 5) is 12.2. The zero-order valence-electron chi connectivity index (χ0n) is 11.9. The Bertz CT molecular complexity index is 561. The smallest absolute Gasteiger partial charge is 0.245 e. The van der Waals surface area contributed by atoms with Gasteiger partial charge >= 0.3 is 0 Å². The van der Waals surface area contributed by atoms with Gasteiger partial charge in [0, 0.05) is 19.3 Å². The van der Waals surface area contributed by atoms with E-state index in [1.54, 1.807) is 11.3 Å². The van der Waals surface area contributed by atoms with Crippen molar-refractivity contribution >= 4 is 17.3 Å². The van der Waals surface area contributed by atoms with Crippen molar-refractivity contribution in [2.75, 3.05) is 31.6 Å². The van der Waals surface area contributed by atoms with Crippen molar-refractivity contribution in [3.05, 3.63) is 11.2 Å². The van der Waals surface area contributed by atoms with E-state index < -0.39 is 0 Å². The SMILES string of the molecule is CNCC1CCCN(c2n[nH]c(-c3cnc(C)s3)n2)C1. The Labute approximate surface area is 122 Å². The van der Waals surface area contributed by atoms with Crippen LogP contribution in [0.3, 0.4) is 0 Å². The fourth-order valence-electron chi connectivity index (χ4n) is 2.68. The highest BCUT2D eigenvalue weighted by atomic mass is 32.1. The summed E-state index contributed by atoms with van der Waals surface area (Å²) in [5.41, 5.74) is 0. The lowest BCUT2D eigenvalue weighted by Gasteiger charge is -2.31. The highest BCUT2D eigenvalue weighted by Crippen LogP contribution is 2.25. The molecule has 2 aromatic heterocycles. The number of aromatic nitrogens is 4. The van der Waals surface area contributed by atoms with Crippen LogP contribution in [0.2, 0.25) is 0 Å². The lowest BCUT2D eigenvalue weighted by molar-refractivity contribution is 0.399. The number of hydrogen-bond acceptors (Lipinski definition) is 6. The third-order valence-corrected chi connectivity index (χ3v) is 4.54. The van der Waals surface area contributed by atoms with Crippen molar-refractivity contribution in [1.82, 2.24) is 25.5 Å². The van der Waals surface area contributed by atoms with Crippen molar-refractivity contribution in [3.63, 3.8) is 0 Å². The van der Waals surface area contributed by atoms with Gasteiger partial charge in [0.2, 0.25) is 5.95 Å². The molecule has 0 bridgehead atoms. The van der Waals surface area contributed by atoms with E-state index in [0.29, 0.717) is 5.92 Å². The minimum atomic E-state index is 0.682. The number of aromatic amines is 1. The largest absolute Gasteiger partial charge is 0.339 e. The Balaban J connectivity index is 1.73. The summed E-state index contributed by atoms with van der Waals surface area (Å²) in [7, 11) is 2.01. The number of hydrogen-bond donors (Lipinski definition) is 2. The summed E-state index contributed by atoms with van der Waals surface area (Å²) in [5.74, 6) is 2.31. The minimum Gasteiger partial charge on any atom is -0.339 e. The second-order valence-corrected chi connectivity index (χ2v) is 6.47. The fourth-order valence-corrected chi connectivity index (χ4v) is 3.39. The van der Waals surface area contributed by atoms with E-state index in [-0.39, 0.29) is 0 Å². The van der Waals surface area contributed by atoms with Crippen molar-refractivity contribution < 1.29 is 0 Å². The van der Waals surface area contributed by atoms with Crippen LogP contribution in [0.5, 0.6) is 0 Å². The lowest BCUT2D eigenvalue weighted by atomic mass is 9.98. The lowest BCUT2D eigenvalue weighted by Crippen LogP contribution is -2.39. The van der Waals surface area contributed by atoms with Crippen molar-refractivity contribution in [3.8, 4) is 10.7 Å². The first-order valence-corrected chi connectivity index (χ1v) is 7.82. The van der Waals surface area contributed by atoms with E-state index in [1.807, 2.05) is 20.2 Å². The van der Waals surface area contributed by atoms with Crippen LogP contribution < -0.4 is 10.2 Å². The summed E-state index contributed by atoms with van der Waals surface area (Å²) in [5, 5.41) is 11.7. The molecule has 3 heterocycles. The van der Waals surface area contributed by atoms with Gasteiger partial charge in [-0.05, 0) is 39.3 Å². The molecule has 6 nitrogen and oxygen atoms in total. The topological polar surface area (TPSA) is 69.7 Å². The van der Waals surface area contributed by atoms with Crippen LogP contribution in [-0.4, -0.2) is 46.8 Å². The van der Waals surface area contributed by atoms with Crippen LogP contribution in [0.1, 0.15) is 17.8 Å². The Morgan fingerprint density at radius 3 is 3.20 bits per heavy atom. The average molecular weight is 292 g/mol. The molecule has 1 saturated heterocycles. The summed E-state index contributed by atoms with van der Waals surface area (Å²) >= 11 is 1.64. The van der Waals surface area contributed by atoms with Gasteiger partial charge in [-0.15, -0.1) is 16.4 Å². The van der Waals surface area contributed by atoms with Crippen molar-refractivity contribution in [1.29, 1.82) is 0 Å². The molecule has 7 heteroatoms. The Morgan fingerprint density at radius 1 is 1.55 bits per heavy atom. The first-order chi connectivity index (χ1) is 9.76. The van der Waals surface area contributed by atoms with Gasteiger partial charge in [-0.25, -0.2) is 4.98 Å². The molecule has 2 aromatic rings. The number of aryl methyl sites for hydroxylation is 1. The molecular weight excluding hydrogens is 272 g/mol. The third-order valence-electron chi connectivity index (χ3n) is 3.62. The fraction of sp³-hybridized carbons (Fsp3) is 0.615. The molecule has 3 rings (SSSR count). The summed E-state index contributed by atoms with van der Waals surface area (Å²) in [6, 6.07) is 0. The maximum absolute atomic E-state index is 4.62. The second kappa shape index (κ2) is 5.88. The average Bonchev–Trinajstić information content (AvgIpc) is 3.08. The zero-order chi connectivity index (χ0) is 13.9. The molecule has 0 aliphatic carbocycles. The molecule has 0 aromatic carbocycles. The molecular formula is C13H20N6S. The quantitative estimate of drug-likeness (QED) is 0.897. The van der Waals surface area contributed by atoms with E-state index in [9.17, 15) is 0 Å². The van der Waals surface area contributed by atoms with Gasteiger partial charge in [0.1, 0.15) is 0 Å². The molecule has 0 saturated carbocycles. The minimum absolute atomic E-state index is 0.682. The zero-order valence-corrected chi connectivity index (χ0v) is 12.7. The summed E-state index contributed by atoms with van der Waals surface area (Å²) < 4.78 is 0.